The first-order valence-electron chi connectivity index (χ1n) is 3.68. The van der Waals surface area contributed by atoms with Gasteiger partial charge in [-0.2, -0.15) is 25.7 Å². The van der Waals surface area contributed by atoms with E-state index >= 15 is 0 Å². The molecule has 0 spiro atoms. The summed E-state index contributed by atoms with van der Waals surface area (Å²) >= 11 is 0. The van der Waals surface area contributed by atoms with Gasteiger partial charge in [0.15, 0.2) is 5.69 Å². The van der Waals surface area contributed by atoms with Crippen molar-refractivity contribution in [2.24, 2.45) is 0 Å². The molecule has 14 heavy (non-hydrogen) atoms. The molecule has 0 aliphatic rings. The maximum Gasteiger partial charge on any atom is 0.361 e. The lowest BCUT2D eigenvalue weighted by atomic mass is 10.2. The number of H-pyrrole nitrogens is 2. The van der Waals surface area contributed by atoms with E-state index in [-0.39, 0.29) is 5.69 Å². The summed E-state index contributed by atoms with van der Waals surface area (Å²) in [6.07, 6.45) is 1.43. The van der Waals surface area contributed by atoms with Crippen LogP contribution in [0.2, 0.25) is 0 Å². The fraction of sp³-hybridized carbons (Fsp3) is 0.167. The van der Waals surface area contributed by atoms with Crippen LogP contribution in [0.1, 0.15) is 10.5 Å². The van der Waals surface area contributed by atoms with Gasteiger partial charge in [0.25, 0.3) is 0 Å². The van der Waals surface area contributed by atoms with Crippen LogP contribution >= 0.6 is 0 Å². The number of carbonyl (C=O) groups excluding carboxylic acids is 1. The van der Waals surface area contributed by atoms with Crippen molar-refractivity contribution in [1.29, 1.82) is 0 Å². The highest BCUT2D eigenvalue weighted by Crippen LogP contribution is 2.15. The first-order chi connectivity index (χ1) is 6.83. The molecule has 0 amide bonds. The van der Waals surface area contributed by atoms with Crippen LogP contribution in [-0.2, 0) is 4.74 Å². The maximum atomic E-state index is 11.2. The SMILES string of the molecule is COC(=O)c1n[nH]nc1-c1cn[nH]n1. The van der Waals surface area contributed by atoms with Crippen LogP contribution in [0, 0.1) is 0 Å². The lowest BCUT2D eigenvalue weighted by Crippen LogP contribution is -2.03. The number of nitrogens with one attached hydrogen (secondary N) is 2. The highest BCUT2D eigenvalue weighted by Gasteiger charge is 2.19. The predicted octanol–water partition coefficient (Wildman–Crippen LogP) is -0.624. The van der Waals surface area contributed by atoms with E-state index in [1.54, 1.807) is 0 Å². The lowest BCUT2D eigenvalue weighted by molar-refractivity contribution is 0.0595. The van der Waals surface area contributed by atoms with Crippen LogP contribution in [0.25, 0.3) is 11.4 Å². The standard InChI is InChI=1S/C6H6N6O2/c1-14-6(13)5-4(9-12-10-5)3-2-7-11-8-3/h2H,1H3,(H,7,8,11)(H,9,10,12). The predicted molar refractivity (Wildman–Crippen MR) is 43.1 cm³/mol. The Hall–Kier alpha value is -2.25. The van der Waals surface area contributed by atoms with E-state index in [0.717, 1.165) is 0 Å². The Morgan fingerprint density at radius 2 is 2.21 bits per heavy atom. The topological polar surface area (TPSA) is 109 Å². The third kappa shape index (κ3) is 1.22. The minimum atomic E-state index is -0.572. The molecule has 0 aromatic carbocycles. The van der Waals surface area contributed by atoms with Crippen LogP contribution in [0.4, 0.5) is 0 Å². The van der Waals surface area contributed by atoms with E-state index in [1.165, 1.54) is 13.3 Å². The van der Waals surface area contributed by atoms with E-state index in [2.05, 4.69) is 35.6 Å². The Kier molecular flexibility index (Phi) is 1.94. The van der Waals surface area contributed by atoms with Gasteiger partial charge in [-0.3, -0.25) is 0 Å². The van der Waals surface area contributed by atoms with Gasteiger partial charge in [-0.1, -0.05) is 0 Å². The molecule has 2 rings (SSSR count). The number of nitrogens with zero attached hydrogens (tertiary/aromatic N) is 4. The van der Waals surface area contributed by atoms with Gasteiger partial charge in [-0.15, -0.1) is 5.10 Å². The van der Waals surface area contributed by atoms with Crippen molar-refractivity contribution in [2.45, 2.75) is 0 Å². The summed E-state index contributed by atoms with van der Waals surface area (Å²) in [6.45, 7) is 0. The van der Waals surface area contributed by atoms with Gasteiger partial charge in [0.2, 0.25) is 0 Å². The van der Waals surface area contributed by atoms with Crippen molar-refractivity contribution in [3.8, 4) is 11.4 Å². The fourth-order valence-corrected chi connectivity index (χ4v) is 0.964. The first-order valence-corrected chi connectivity index (χ1v) is 3.68. The first kappa shape index (κ1) is 8.35. The number of carbonyl (C=O) groups is 1. The van der Waals surface area contributed by atoms with E-state index < -0.39 is 5.97 Å². The van der Waals surface area contributed by atoms with E-state index in [9.17, 15) is 4.79 Å². The van der Waals surface area contributed by atoms with Crippen molar-refractivity contribution in [3.63, 3.8) is 0 Å². The van der Waals surface area contributed by atoms with E-state index in [4.69, 9.17) is 0 Å². The molecule has 2 aromatic heterocycles. The molecule has 2 heterocycles. The summed E-state index contributed by atoms with van der Waals surface area (Å²) in [5.74, 6) is -0.572. The second kappa shape index (κ2) is 3.24. The summed E-state index contributed by atoms with van der Waals surface area (Å²) in [5, 5.41) is 19.5. The summed E-state index contributed by atoms with van der Waals surface area (Å²) < 4.78 is 4.51. The Morgan fingerprint density at radius 3 is 2.86 bits per heavy atom. The second-order valence-corrected chi connectivity index (χ2v) is 2.37. The minimum Gasteiger partial charge on any atom is -0.464 e. The Labute approximate surface area is 77.7 Å². The van der Waals surface area contributed by atoms with Gasteiger partial charge in [0.1, 0.15) is 11.4 Å². The fourth-order valence-electron chi connectivity index (χ4n) is 0.964. The van der Waals surface area contributed by atoms with Crippen LogP contribution < -0.4 is 0 Å². The molecule has 0 fully saturated rings. The molecule has 0 unspecified atom stereocenters. The monoisotopic (exact) mass is 194 g/mol. The zero-order valence-corrected chi connectivity index (χ0v) is 7.18. The number of ether oxygens (including phenoxy) is 1. The maximum absolute atomic E-state index is 11.2. The zero-order valence-electron chi connectivity index (χ0n) is 7.18. The van der Waals surface area contributed by atoms with Crippen molar-refractivity contribution >= 4 is 5.97 Å². The molecule has 2 aromatic rings. The quantitative estimate of drug-likeness (QED) is 0.616. The van der Waals surface area contributed by atoms with Crippen molar-refractivity contribution in [3.05, 3.63) is 11.9 Å². The molecule has 0 saturated carbocycles. The van der Waals surface area contributed by atoms with Crippen molar-refractivity contribution < 1.29 is 9.53 Å². The van der Waals surface area contributed by atoms with Gasteiger partial charge in [0.05, 0.1) is 13.3 Å². The van der Waals surface area contributed by atoms with Crippen LogP contribution in [0.5, 0.6) is 0 Å². The van der Waals surface area contributed by atoms with Gasteiger partial charge < -0.3 is 4.74 Å². The number of aromatic nitrogens is 6. The minimum absolute atomic E-state index is 0.0846. The molecule has 0 bridgehead atoms. The van der Waals surface area contributed by atoms with Crippen LogP contribution in [0.15, 0.2) is 6.20 Å². The van der Waals surface area contributed by atoms with Crippen molar-refractivity contribution in [1.82, 2.24) is 30.8 Å². The smallest absolute Gasteiger partial charge is 0.361 e. The third-order valence-electron chi connectivity index (χ3n) is 1.58. The molecule has 0 aliphatic carbocycles. The molecule has 2 N–H and O–H groups in total. The number of hydrogen-bond donors (Lipinski definition) is 2. The molecule has 0 atom stereocenters. The Bertz CT molecular complexity index is 433. The summed E-state index contributed by atoms with van der Waals surface area (Å²) in [5.41, 5.74) is 0.825. The molecular formula is C6H6N6O2. The molecule has 0 radical (unpaired) electrons. The van der Waals surface area contributed by atoms with Gasteiger partial charge >= 0.3 is 5.97 Å². The molecular weight excluding hydrogens is 188 g/mol. The molecule has 0 aliphatic heterocycles. The highest BCUT2D eigenvalue weighted by molar-refractivity contribution is 5.93. The normalized spacial score (nSPS) is 10.1. The number of hydrogen-bond acceptors (Lipinski definition) is 6. The van der Waals surface area contributed by atoms with Gasteiger partial charge in [-0.25, -0.2) is 4.79 Å². The van der Waals surface area contributed by atoms with E-state index in [1.807, 2.05) is 0 Å². The number of aromatic amines is 2. The number of rotatable bonds is 2. The van der Waals surface area contributed by atoms with Crippen LogP contribution in [-0.4, -0.2) is 43.9 Å². The molecule has 72 valence electrons. The average molecular weight is 194 g/mol. The lowest BCUT2D eigenvalue weighted by Gasteiger charge is -1.93. The van der Waals surface area contributed by atoms with Crippen molar-refractivity contribution in [2.75, 3.05) is 7.11 Å². The van der Waals surface area contributed by atoms with Gasteiger partial charge in [0, 0.05) is 0 Å². The average Bonchev–Trinajstić information content (AvgIpc) is 2.85. The summed E-state index contributed by atoms with van der Waals surface area (Å²) in [7, 11) is 1.27. The molecule has 8 heteroatoms. The summed E-state index contributed by atoms with van der Waals surface area (Å²) in [4.78, 5) is 11.2. The Morgan fingerprint density at radius 1 is 1.36 bits per heavy atom. The largest absolute Gasteiger partial charge is 0.464 e. The highest BCUT2D eigenvalue weighted by atomic mass is 16.5. The number of esters is 1. The third-order valence-corrected chi connectivity index (χ3v) is 1.58. The Balaban J connectivity index is 2.45. The van der Waals surface area contributed by atoms with Crippen LogP contribution in [0.3, 0.4) is 0 Å². The molecule has 0 saturated heterocycles. The zero-order chi connectivity index (χ0) is 9.97. The summed E-state index contributed by atoms with van der Waals surface area (Å²) in [6, 6.07) is 0. The molecule has 8 nitrogen and oxygen atoms in total. The van der Waals surface area contributed by atoms with E-state index in [0.29, 0.717) is 11.4 Å². The van der Waals surface area contributed by atoms with Gasteiger partial charge in [-0.05, 0) is 0 Å². The number of methoxy groups -OCH3 is 1. The second-order valence-electron chi connectivity index (χ2n) is 2.37.